The van der Waals surface area contributed by atoms with Gasteiger partial charge in [-0.3, -0.25) is 9.59 Å². The van der Waals surface area contributed by atoms with E-state index in [0.717, 1.165) is 22.5 Å². The molecule has 136 valence electrons. The van der Waals surface area contributed by atoms with Crippen LogP contribution < -0.4 is 10.6 Å². The summed E-state index contributed by atoms with van der Waals surface area (Å²) in [5.41, 5.74) is 3.59. The van der Waals surface area contributed by atoms with E-state index in [1.807, 2.05) is 61.5 Å². The van der Waals surface area contributed by atoms with Gasteiger partial charge in [0.15, 0.2) is 0 Å². The third kappa shape index (κ3) is 3.46. The molecule has 0 saturated carbocycles. The Labute approximate surface area is 157 Å². The predicted molar refractivity (Wildman–Crippen MR) is 103 cm³/mol. The maximum Gasteiger partial charge on any atom is 0.232 e. The van der Waals surface area contributed by atoms with Gasteiger partial charge in [0.25, 0.3) is 0 Å². The molecule has 3 aromatic rings. The molecule has 0 bridgehead atoms. The fraction of sp³-hybridized carbons (Fsp3) is 0.190. The number of carbonyl (C=O) groups is 2. The van der Waals surface area contributed by atoms with Crippen LogP contribution in [0.1, 0.15) is 36.7 Å². The van der Waals surface area contributed by atoms with E-state index in [1.165, 1.54) is 0 Å². The lowest BCUT2D eigenvalue weighted by atomic mass is 9.97. The number of rotatable bonds is 5. The quantitative estimate of drug-likeness (QED) is 0.652. The van der Waals surface area contributed by atoms with Crippen LogP contribution in [0.25, 0.3) is 11.3 Å². The Hall–Kier alpha value is -3.41. The first-order valence-electron chi connectivity index (χ1n) is 8.91. The number of carbonyl (C=O) groups excluding carboxylic acids is 2. The molecule has 4 rings (SSSR count). The molecule has 3 N–H and O–H groups in total. The molecule has 0 saturated heterocycles. The number of aromatic amines is 1. The second kappa shape index (κ2) is 7.07. The monoisotopic (exact) mass is 360 g/mol. The number of amides is 2. The zero-order valence-corrected chi connectivity index (χ0v) is 14.9. The molecule has 0 radical (unpaired) electrons. The molecule has 0 aliphatic carbocycles. The Morgan fingerprint density at radius 1 is 1.15 bits per heavy atom. The van der Waals surface area contributed by atoms with Crippen LogP contribution >= 0.6 is 0 Å². The van der Waals surface area contributed by atoms with E-state index in [9.17, 15) is 9.59 Å². The molecule has 6 heteroatoms. The molecule has 1 aliphatic heterocycles. The number of H-pyrrole nitrogens is 1. The van der Waals surface area contributed by atoms with Crippen LogP contribution in [0.2, 0.25) is 0 Å². The van der Waals surface area contributed by atoms with Gasteiger partial charge in [0.05, 0.1) is 23.9 Å². The van der Waals surface area contributed by atoms with Gasteiger partial charge in [0.2, 0.25) is 11.8 Å². The molecule has 2 atom stereocenters. The fourth-order valence-corrected chi connectivity index (χ4v) is 3.35. The minimum absolute atomic E-state index is 0.111. The van der Waals surface area contributed by atoms with Gasteiger partial charge >= 0.3 is 0 Å². The van der Waals surface area contributed by atoms with Crippen LogP contribution in [0.3, 0.4) is 0 Å². The molecule has 1 aliphatic rings. The number of benzene rings is 2. The normalized spacial score (nSPS) is 16.5. The third-order valence-electron chi connectivity index (χ3n) is 4.77. The Balaban J connectivity index is 1.42. The van der Waals surface area contributed by atoms with Crippen molar-refractivity contribution in [2.75, 3.05) is 5.32 Å². The molecule has 1 aromatic heterocycles. The maximum absolute atomic E-state index is 12.5. The Bertz CT molecular complexity index is 981. The highest BCUT2D eigenvalue weighted by Gasteiger charge is 2.32. The summed E-state index contributed by atoms with van der Waals surface area (Å²) in [6.07, 6.45) is 1.87. The molecular formula is C21H20N4O2. The van der Waals surface area contributed by atoms with E-state index < -0.39 is 5.92 Å². The first-order chi connectivity index (χ1) is 13.1. The standard InChI is InChI=1S/C21H20N4O2/c1-13(20-22-12-18(24-20)14-7-3-2-4-8-14)23-19(26)11-16-15-9-5-6-10-17(15)25-21(16)27/h2-10,12-13,16H,11H2,1H3,(H,22,24)(H,23,26)(H,25,27)/t13-,16+/m0/s1. The number of hydrogen-bond acceptors (Lipinski definition) is 3. The summed E-state index contributed by atoms with van der Waals surface area (Å²) in [5.74, 6) is -0.0938. The van der Waals surface area contributed by atoms with Crippen molar-refractivity contribution in [3.05, 3.63) is 72.2 Å². The number of nitrogens with zero attached hydrogens (tertiary/aromatic N) is 1. The van der Waals surface area contributed by atoms with E-state index in [4.69, 9.17) is 0 Å². The summed E-state index contributed by atoms with van der Waals surface area (Å²) < 4.78 is 0. The average molecular weight is 360 g/mol. The van der Waals surface area contributed by atoms with E-state index in [1.54, 1.807) is 6.20 Å². The lowest BCUT2D eigenvalue weighted by Crippen LogP contribution is -2.30. The molecule has 27 heavy (non-hydrogen) atoms. The smallest absolute Gasteiger partial charge is 0.232 e. The summed E-state index contributed by atoms with van der Waals surface area (Å²) in [6.45, 7) is 1.87. The number of anilines is 1. The van der Waals surface area contributed by atoms with Crippen LogP contribution in [0.4, 0.5) is 5.69 Å². The molecule has 0 spiro atoms. The average Bonchev–Trinajstić information content (AvgIpc) is 3.28. The summed E-state index contributed by atoms with van der Waals surface area (Å²) in [6, 6.07) is 17.1. The lowest BCUT2D eigenvalue weighted by Gasteiger charge is -2.14. The zero-order chi connectivity index (χ0) is 18.8. The van der Waals surface area contributed by atoms with Crippen LogP contribution in [-0.2, 0) is 9.59 Å². The molecule has 0 unspecified atom stereocenters. The molecule has 0 fully saturated rings. The SMILES string of the molecule is C[C@H](NC(=O)C[C@H]1C(=O)Nc2ccccc21)c1ncc(-c2ccccc2)[nH]1. The molecule has 2 aromatic carbocycles. The second-order valence-electron chi connectivity index (χ2n) is 6.67. The summed E-state index contributed by atoms with van der Waals surface area (Å²) in [7, 11) is 0. The molecule has 2 amide bonds. The van der Waals surface area contributed by atoms with Gasteiger partial charge < -0.3 is 15.6 Å². The van der Waals surface area contributed by atoms with Gasteiger partial charge in [-0.25, -0.2) is 4.98 Å². The molecule has 2 heterocycles. The molecular weight excluding hydrogens is 340 g/mol. The maximum atomic E-state index is 12.5. The summed E-state index contributed by atoms with van der Waals surface area (Å²) in [5, 5.41) is 5.75. The largest absolute Gasteiger partial charge is 0.346 e. The van der Waals surface area contributed by atoms with Crippen molar-refractivity contribution in [3.8, 4) is 11.3 Å². The van der Waals surface area contributed by atoms with Gasteiger partial charge in [0.1, 0.15) is 5.82 Å². The van der Waals surface area contributed by atoms with Crippen molar-refractivity contribution in [3.63, 3.8) is 0 Å². The number of aromatic nitrogens is 2. The van der Waals surface area contributed by atoms with Crippen LogP contribution in [-0.4, -0.2) is 21.8 Å². The minimum atomic E-state index is -0.454. The first kappa shape index (κ1) is 17.0. The highest BCUT2D eigenvalue weighted by atomic mass is 16.2. The third-order valence-corrected chi connectivity index (χ3v) is 4.77. The second-order valence-corrected chi connectivity index (χ2v) is 6.67. The highest BCUT2D eigenvalue weighted by molar-refractivity contribution is 6.04. The van der Waals surface area contributed by atoms with E-state index in [-0.39, 0.29) is 24.3 Å². The number of para-hydroxylation sites is 1. The van der Waals surface area contributed by atoms with Crippen molar-refractivity contribution in [1.82, 2.24) is 15.3 Å². The van der Waals surface area contributed by atoms with Gasteiger partial charge in [-0.05, 0) is 24.1 Å². The number of imidazole rings is 1. The Morgan fingerprint density at radius 3 is 2.70 bits per heavy atom. The molecule has 6 nitrogen and oxygen atoms in total. The van der Waals surface area contributed by atoms with E-state index >= 15 is 0 Å². The highest BCUT2D eigenvalue weighted by Crippen LogP contribution is 2.34. The lowest BCUT2D eigenvalue weighted by molar-refractivity contribution is -0.125. The summed E-state index contributed by atoms with van der Waals surface area (Å²) in [4.78, 5) is 32.3. The van der Waals surface area contributed by atoms with Crippen LogP contribution in [0.5, 0.6) is 0 Å². The van der Waals surface area contributed by atoms with E-state index in [2.05, 4.69) is 20.6 Å². The number of hydrogen-bond donors (Lipinski definition) is 3. The minimum Gasteiger partial charge on any atom is -0.346 e. The topological polar surface area (TPSA) is 86.9 Å². The van der Waals surface area contributed by atoms with Gasteiger partial charge in [-0.1, -0.05) is 48.5 Å². The number of nitrogens with one attached hydrogen (secondary N) is 3. The Kier molecular flexibility index (Phi) is 4.46. The summed E-state index contributed by atoms with van der Waals surface area (Å²) >= 11 is 0. The van der Waals surface area contributed by atoms with Crippen molar-refractivity contribution >= 4 is 17.5 Å². The predicted octanol–water partition coefficient (Wildman–Crippen LogP) is 3.38. The van der Waals surface area contributed by atoms with Crippen molar-refractivity contribution in [2.24, 2.45) is 0 Å². The van der Waals surface area contributed by atoms with Crippen LogP contribution in [0, 0.1) is 0 Å². The van der Waals surface area contributed by atoms with Gasteiger partial charge in [0, 0.05) is 12.1 Å². The number of fused-ring (bicyclic) bond motifs is 1. The Morgan fingerprint density at radius 2 is 1.89 bits per heavy atom. The van der Waals surface area contributed by atoms with Crippen molar-refractivity contribution < 1.29 is 9.59 Å². The van der Waals surface area contributed by atoms with Gasteiger partial charge in [-0.15, -0.1) is 0 Å². The van der Waals surface area contributed by atoms with Crippen molar-refractivity contribution in [2.45, 2.75) is 25.3 Å². The van der Waals surface area contributed by atoms with E-state index in [0.29, 0.717) is 5.82 Å². The van der Waals surface area contributed by atoms with Crippen molar-refractivity contribution in [1.29, 1.82) is 0 Å². The zero-order valence-electron chi connectivity index (χ0n) is 14.9. The fourth-order valence-electron chi connectivity index (χ4n) is 3.35. The first-order valence-corrected chi connectivity index (χ1v) is 8.91. The van der Waals surface area contributed by atoms with Gasteiger partial charge in [-0.2, -0.15) is 0 Å². The van der Waals surface area contributed by atoms with Crippen LogP contribution in [0.15, 0.2) is 60.8 Å².